The molecule has 0 aliphatic carbocycles. The summed E-state index contributed by atoms with van der Waals surface area (Å²) in [4.78, 5) is 33.5. The summed E-state index contributed by atoms with van der Waals surface area (Å²) in [6.07, 6.45) is 2.18. The van der Waals surface area contributed by atoms with Gasteiger partial charge in [-0.2, -0.15) is 0 Å². The quantitative estimate of drug-likeness (QED) is 0.545. The lowest BCUT2D eigenvalue weighted by Gasteiger charge is -2.30. The highest BCUT2D eigenvalue weighted by molar-refractivity contribution is 5.83. The smallest absolute Gasteiger partial charge is 0.318 e. The van der Waals surface area contributed by atoms with Gasteiger partial charge in [-0.15, -0.1) is 0 Å². The number of hydrogen-bond donors (Lipinski definition) is 2. The van der Waals surface area contributed by atoms with E-state index in [0.29, 0.717) is 54.9 Å². The van der Waals surface area contributed by atoms with Crippen LogP contribution in [0, 0.1) is 0 Å². The van der Waals surface area contributed by atoms with Gasteiger partial charge in [0.2, 0.25) is 0 Å². The molecule has 0 spiro atoms. The number of amides is 2. The molecule has 2 aliphatic rings. The third-order valence-electron chi connectivity index (χ3n) is 6.86. The SMILES string of the molecule is CCN1CCC[C@@H]1CN(Cc1cc2cc3c(cc2[nH]c1=O)OCCO3)C(=O)NCc1ccccc1. The van der Waals surface area contributed by atoms with Crippen LogP contribution in [0.3, 0.4) is 0 Å². The highest BCUT2D eigenvalue weighted by Crippen LogP contribution is 2.33. The molecule has 1 saturated heterocycles. The van der Waals surface area contributed by atoms with Gasteiger partial charge in [-0.3, -0.25) is 9.69 Å². The van der Waals surface area contributed by atoms with E-state index in [2.05, 4.69) is 22.1 Å². The lowest BCUT2D eigenvalue weighted by atomic mass is 10.1. The number of urea groups is 1. The second-order valence-electron chi connectivity index (χ2n) is 9.16. The Morgan fingerprint density at radius 1 is 1.14 bits per heavy atom. The molecule has 1 atom stereocenters. The molecule has 0 saturated carbocycles. The van der Waals surface area contributed by atoms with E-state index in [1.54, 1.807) is 11.0 Å². The zero-order valence-electron chi connectivity index (χ0n) is 20.1. The third kappa shape index (κ3) is 5.27. The maximum atomic E-state index is 13.3. The molecule has 0 bridgehead atoms. The number of H-pyrrole nitrogens is 1. The summed E-state index contributed by atoms with van der Waals surface area (Å²) >= 11 is 0. The van der Waals surface area contributed by atoms with Gasteiger partial charge in [0, 0.05) is 36.1 Å². The number of benzene rings is 2. The fourth-order valence-corrected chi connectivity index (χ4v) is 4.99. The Kier molecular flexibility index (Phi) is 6.90. The molecule has 8 heteroatoms. The van der Waals surface area contributed by atoms with Crippen LogP contribution in [0.25, 0.3) is 10.9 Å². The van der Waals surface area contributed by atoms with Gasteiger partial charge in [0.05, 0.1) is 12.1 Å². The van der Waals surface area contributed by atoms with Gasteiger partial charge in [-0.05, 0) is 43.6 Å². The predicted octanol–water partition coefficient (Wildman–Crippen LogP) is 3.50. The Morgan fingerprint density at radius 2 is 1.91 bits per heavy atom. The van der Waals surface area contributed by atoms with E-state index in [9.17, 15) is 9.59 Å². The fourth-order valence-electron chi connectivity index (χ4n) is 4.99. The Hall–Kier alpha value is -3.52. The minimum Gasteiger partial charge on any atom is -0.486 e. The van der Waals surface area contributed by atoms with Crippen molar-refractivity contribution in [3.05, 3.63) is 70.0 Å². The van der Waals surface area contributed by atoms with E-state index in [1.165, 1.54) is 0 Å². The van der Waals surface area contributed by atoms with E-state index < -0.39 is 0 Å². The van der Waals surface area contributed by atoms with Gasteiger partial charge in [0.15, 0.2) is 11.5 Å². The first kappa shape index (κ1) is 23.2. The standard InChI is InChI=1S/C27H32N4O4/c1-2-30-10-6-9-22(30)18-31(27(33)28-16-19-7-4-3-5-8-19)17-21-13-20-14-24-25(35-12-11-34-24)15-23(20)29-26(21)32/h3-5,7-8,13-15,22H,2,6,9-12,16-18H2,1H3,(H,28,33)(H,29,32)/t22-/m1/s1. The number of aromatic nitrogens is 1. The van der Waals surface area contributed by atoms with Crippen LogP contribution in [-0.2, 0) is 13.1 Å². The number of rotatable bonds is 7. The lowest BCUT2D eigenvalue weighted by Crippen LogP contribution is -2.47. The van der Waals surface area contributed by atoms with Crippen LogP contribution >= 0.6 is 0 Å². The molecule has 2 N–H and O–H groups in total. The van der Waals surface area contributed by atoms with Crippen molar-refractivity contribution >= 4 is 16.9 Å². The molecule has 2 amide bonds. The molecule has 3 heterocycles. The average molecular weight is 477 g/mol. The maximum absolute atomic E-state index is 13.3. The van der Waals surface area contributed by atoms with Gasteiger partial charge in [-0.1, -0.05) is 37.3 Å². The van der Waals surface area contributed by atoms with E-state index in [1.807, 2.05) is 42.5 Å². The molecular weight excluding hydrogens is 444 g/mol. The number of nitrogens with zero attached hydrogens (tertiary/aromatic N) is 2. The number of aromatic amines is 1. The molecular formula is C27H32N4O4. The first-order valence-electron chi connectivity index (χ1n) is 12.4. The molecule has 5 rings (SSSR count). The van der Waals surface area contributed by atoms with Crippen LogP contribution in [0.15, 0.2) is 53.3 Å². The van der Waals surface area contributed by atoms with Gasteiger partial charge >= 0.3 is 6.03 Å². The molecule has 2 aromatic carbocycles. The highest BCUT2D eigenvalue weighted by Gasteiger charge is 2.28. The fraction of sp³-hybridized carbons (Fsp3) is 0.407. The van der Waals surface area contributed by atoms with Crippen LogP contribution < -0.4 is 20.3 Å². The first-order valence-corrected chi connectivity index (χ1v) is 12.4. The number of fused-ring (bicyclic) bond motifs is 2. The summed E-state index contributed by atoms with van der Waals surface area (Å²) in [6.45, 7) is 6.39. The normalized spacial score (nSPS) is 17.5. The summed E-state index contributed by atoms with van der Waals surface area (Å²) in [5.41, 5.74) is 2.07. The Bertz CT molecular complexity index is 1240. The van der Waals surface area contributed by atoms with Gasteiger partial charge in [0.25, 0.3) is 5.56 Å². The number of ether oxygens (including phenoxy) is 2. The van der Waals surface area contributed by atoms with Crippen molar-refractivity contribution in [3.8, 4) is 11.5 Å². The molecule has 35 heavy (non-hydrogen) atoms. The molecule has 0 radical (unpaired) electrons. The topological polar surface area (TPSA) is 86.9 Å². The van der Waals surface area contributed by atoms with Crippen molar-refractivity contribution in [1.82, 2.24) is 20.1 Å². The van der Waals surface area contributed by atoms with Crippen molar-refractivity contribution in [1.29, 1.82) is 0 Å². The summed E-state index contributed by atoms with van der Waals surface area (Å²) in [5, 5.41) is 3.89. The van der Waals surface area contributed by atoms with E-state index in [4.69, 9.17) is 9.47 Å². The Labute approximate surface area is 204 Å². The van der Waals surface area contributed by atoms with Crippen LogP contribution in [0.1, 0.15) is 30.9 Å². The third-order valence-corrected chi connectivity index (χ3v) is 6.86. The van der Waals surface area contributed by atoms with Gasteiger partial charge < -0.3 is 24.7 Å². The van der Waals surface area contributed by atoms with Crippen molar-refractivity contribution in [2.75, 3.05) is 32.8 Å². The van der Waals surface area contributed by atoms with Gasteiger partial charge in [0.1, 0.15) is 13.2 Å². The maximum Gasteiger partial charge on any atom is 0.318 e. The molecule has 8 nitrogen and oxygen atoms in total. The van der Waals surface area contributed by atoms with E-state index in [-0.39, 0.29) is 18.1 Å². The van der Waals surface area contributed by atoms with Crippen LogP contribution in [-0.4, -0.2) is 59.7 Å². The predicted molar refractivity (Wildman–Crippen MR) is 135 cm³/mol. The van der Waals surface area contributed by atoms with Crippen LogP contribution in [0.4, 0.5) is 4.79 Å². The molecule has 0 unspecified atom stereocenters. The molecule has 2 aliphatic heterocycles. The minimum absolute atomic E-state index is 0.168. The van der Waals surface area contributed by atoms with Crippen molar-refractivity contribution in [2.24, 2.45) is 0 Å². The molecule has 1 aromatic heterocycles. The van der Waals surface area contributed by atoms with Crippen molar-refractivity contribution in [3.63, 3.8) is 0 Å². The Balaban J connectivity index is 1.39. The first-order chi connectivity index (χ1) is 17.1. The number of carbonyl (C=O) groups is 1. The molecule has 184 valence electrons. The summed E-state index contributed by atoms with van der Waals surface area (Å²) in [7, 11) is 0. The minimum atomic E-state index is -0.200. The second kappa shape index (κ2) is 10.4. The summed E-state index contributed by atoms with van der Waals surface area (Å²) < 4.78 is 11.4. The Morgan fingerprint density at radius 3 is 2.69 bits per heavy atom. The van der Waals surface area contributed by atoms with Crippen LogP contribution in [0.2, 0.25) is 0 Å². The molecule has 3 aromatic rings. The highest BCUT2D eigenvalue weighted by atomic mass is 16.6. The number of hydrogen-bond acceptors (Lipinski definition) is 5. The number of pyridine rings is 1. The number of likely N-dealkylation sites (N-methyl/N-ethyl adjacent to an activating group) is 1. The average Bonchev–Trinajstić information content (AvgIpc) is 3.34. The van der Waals surface area contributed by atoms with E-state index >= 15 is 0 Å². The monoisotopic (exact) mass is 476 g/mol. The van der Waals surface area contributed by atoms with Crippen molar-refractivity contribution in [2.45, 2.75) is 38.9 Å². The van der Waals surface area contributed by atoms with Gasteiger partial charge in [-0.25, -0.2) is 4.79 Å². The summed E-state index contributed by atoms with van der Waals surface area (Å²) in [6, 6.07) is 15.5. The second-order valence-corrected chi connectivity index (χ2v) is 9.16. The summed E-state index contributed by atoms with van der Waals surface area (Å²) in [5.74, 6) is 1.30. The van der Waals surface area contributed by atoms with E-state index in [0.717, 1.165) is 36.9 Å². The van der Waals surface area contributed by atoms with Crippen LogP contribution in [0.5, 0.6) is 11.5 Å². The van der Waals surface area contributed by atoms with Crippen molar-refractivity contribution < 1.29 is 14.3 Å². The largest absolute Gasteiger partial charge is 0.486 e. The zero-order valence-corrected chi connectivity index (χ0v) is 20.1. The number of likely N-dealkylation sites (tertiary alicyclic amines) is 1. The molecule has 1 fully saturated rings. The zero-order chi connectivity index (χ0) is 24.2. The number of carbonyl (C=O) groups excluding carboxylic acids is 1. The number of nitrogens with one attached hydrogen (secondary N) is 2. The lowest BCUT2D eigenvalue weighted by molar-refractivity contribution is 0.164.